The lowest BCUT2D eigenvalue weighted by atomic mass is 10.0. The Hall–Kier alpha value is -1.41. The van der Waals surface area contributed by atoms with Crippen molar-refractivity contribution in [3.05, 3.63) is 47.5 Å². The Morgan fingerprint density at radius 1 is 0.762 bits per heavy atom. The molecular weight excluding hydrogens is 274 g/mol. The first kappa shape index (κ1) is 14.5. The number of nitrogens with zero attached hydrogens (tertiary/aromatic N) is 1. The highest BCUT2D eigenvalue weighted by Gasteiger charge is 2.21. The van der Waals surface area contributed by atoms with Crippen molar-refractivity contribution in [2.24, 2.45) is 0 Å². The van der Waals surface area contributed by atoms with Crippen molar-refractivity contribution >= 4 is 23.1 Å². The van der Waals surface area contributed by atoms with Crippen LogP contribution in [-0.4, -0.2) is 7.05 Å². The normalized spacial score (nSPS) is 13.6. The van der Waals surface area contributed by atoms with Crippen molar-refractivity contribution < 1.29 is 0 Å². The van der Waals surface area contributed by atoms with E-state index < -0.39 is 0 Å². The molecule has 0 saturated heterocycles. The van der Waals surface area contributed by atoms with E-state index in [-0.39, 0.29) is 0 Å². The van der Waals surface area contributed by atoms with Gasteiger partial charge in [0, 0.05) is 16.8 Å². The third-order valence-corrected chi connectivity index (χ3v) is 5.34. The molecule has 0 aromatic heterocycles. The molecule has 0 fully saturated rings. The molecule has 0 spiro atoms. The van der Waals surface area contributed by atoms with Gasteiger partial charge >= 0.3 is 0 Å². The van der Waals surface area contributed by atoms with E-state index in [4.69, 9.17) is 0 Å². The fourth-order valence-electron chi connectivity index (χ4n) is 2.75. The number of anilines is 2. The minimum atomic E-state index is 0.574. The van der Waals surface area contributed by atoms with E-state index in [2.05, 4.69) is 76.0 Å². The fraction of sp³-hybridized carbons (Fsp3) is 0.368. The fourth-order valence-corrected chi connectivity index (χ4v) is 3.99. The van der Waals surface area contributed by atoms with Gasteiger partial charge in [-0.1, -0.05) is 51.6 Å². The number of fused-ring (bicyclic) bond motifs is 2. The maximum Gasteiger partial charge on any atom is 0.0550 e. The van der Waals surface area contributed by atoms with Crippen molar-refractivity contribution in [2.45, 2.75) is 49.3 Å². The topological polar surface area (TPSA) is 3.24 Å². The van der Waals surface area contributed by atoms with Gasteiger partial charge < -0.3 is 4.90 Å². The molecule has 1 aliphatic heterocycles. The van der Waals surface area contributed by atoms with Crippen molar-refractivity contribution in [1.82, 2.24) is 0 Å². The molecule has 2 aromatic carbocycles. The molecule has 1 aliphatic rings. The molecule has 110 valence electrons. The van der Waals surface area contributed by atoms with Crippen LogP contribution in [0.3, 0.4) is 0 Å². The summed E-state index contributed by atoms with van der Waals surface area (Å²) in [5.41, 5.74) is 5.46. The molecular formula is C19H23NS. The van der Waals surface area contributed by atoms with Crippen molar-refractivity contribution in [3.8, 4) is 0 Å². The predicted octanol–water partition coefficient (Wildman–Crippen LogP) is 6.17. The van der Waals surface area contributed by atoms with Crippen LogP contribution in [0, 0.1) is 0 Å². The summed E-state index contributed by atoms with van der Waals surface area (Å²) in [5.74, 6) is 1.15. The molecule has 21 heavy (non-hydrogen) atoms. The highest BCUT2D eigenvalue weighted by molar-refractivity contribution is 7.99. The smallest absolute Gasteiger partial charge is 0.0550 e. The summed E-state index contributed by atoms with van der Waals surface area (Å²) >= 11 is 1.91. The first-order chi connectivity index (χ1) is 9.97. The lowest BCUT2D eigenvalue weighted by Gasteiger charge is -2.30. The van der Waals surface area contributed by atoms with Gasteiger partial charge in [0.25, 0.3) is 0 Å². The molecule has 0 unspecified atom stereocenters. The SMILES string of the molecule is CC(C)c1ccc2c(c1)Sc1cc(C(C)C)ccc1N2C. The number of rotatable bonds is 2. The Balaban J connectivity index is 2.06. The highest BCUT2D eigenvalue weighted by Crippen LogP contribution is 2.48. The van der Waals surface area contributed by atoms with Crippen LogP contribution in [0.4, 0.5) is 11.4 Å². The molecule has 0 aliphatic carbocycles. The molecule has 0 atom stereocenters. The maximum absolute atomic E-state index is 2.35. The van der Waals surface area contributed by atoms with Gasteiger partial charge in [-0.05, 0) is 47.2 Å². The summed E-state index contributed by atoms with van der Waals surface area (Å²) in [6.07, 6.45) is 0. The van der Waals surface area contributed by atoms with E-state index in [0.717, 1.165) is 0 Å². The second-order valence-electron chi connectivity index (χ2n) is 6.42. The van der Waals surface area contributed by atoms with E-state index in [0.29, 0.717) is 11.8 Å². The second-order valence-corrected chi connectivity index (χ2v) is 7.51. The zero-order valence-electron chi connectivity index (χ0n) is 13.5. The van der Waals surface area contributed by atoms with Gasteiger partial charge in [-0.25, -0.2) is 0 Å². The van der Waals surface area contributed by atoms with Gasteiger partial charge in [0.05, 0.1) is 11.4 Å². The van der Waals surface area contributed by atoms with E-state index in [1.54, 1.807) is 0 Å². The molecule has 3 rings (SSSR count). The largest absolute Gasteiger partial charge is 0.343 e. The summed E-state index contributed by atoms with van der Waals surface area (Å²) < 4.78 is 0. The Labute approximate surface area is 132 Å². The van der Waals surface area contributed by atoms with Gasteiger partial charge in [0.1, 0.15) is 0 Å². The Kier molecular flexibility index (Phi) is 3.75. The molecule has 1 heterocycles. The van der Waals surface area contributed by atoms with Gasteiger partial charge in [-0.3, -0.25) is 0 Å². The lowest BCUT2D eigenvalue weighted by molar-refractivity contribution is 0.857. The summed E-state index contributed by atoms with van der Waals surface area (Å²) in [6.45, 7) is 9.01. The van der Waals surface area contributed by atoms with Crippen LogP contribution >= 0.6 is 11.8 Å². The lowest BCUT2D eigenvalue weighted by Crippen LogP contribution is -2.15. The first-order valence-corrected chi connectivity index (χ1v) is 8.48. The van der Waals surface area contributed by atoms with Crippen LogP contribution < -0.4 is 4.90 Å². The molecule has 2 aromatic rings. The quantitative estimate of drug-likeness (QED) is 0.652. The third-order valence-electron chi connectivity index (χ3n) is 4.24. The first-order valence-electron chi connectivity index (χ1n) is 7.67. The molecule has 0 amide bonds. The number of hydrogen-bond donors (Lipinski definition) is 0. The Bertz CT molecular complexity index is 616. The second kappa shape index (κ2) is 5.42. The molecule has 0 bridgehead atoms. The monoisotopic (exact) mass is 297 g/mol. The van der Waals surface area contributed by atoms with Crippen molar-refractivity contribution in [3.63, 3.8) is 0 Å². The molecule has 0 saturated carbocycles. The molecule has 0 radical (unpaired) electrons. The maximum atomic E-state index is 2.35. The van der Waals surface area contributed by atoms with Gasteiger partial charge in [0.2, 0.25) is 0 Å². The summed E-state index contributed by atoms with van der Waals surface area (Å²) in [7, 11) is 2.17. The van der Waals surface area contributed by atoms with Crippen LogP contribution in [0.1, 0.15) is 50.7 Å². The average Bonchev–Trinajstić information content (AvgIpc) is 2.46. The van der Waals surface area contributed by atoms with E-state index in [1.165, 1.54) is 32.3 Å². The summed E-state index contributed by atoms with van der Waals surface area (Å²) in [5, 5.41) is 0. The third kappa shape index (κ3) is 2.57. The zero-order valence-corrected chi connectivity index (χ0v) is 14.3. The highest BCUT2D eigenvalue weighted by atomic mass is 32.2. The molecule has 2 heteroatoms. The molecule has 1 nitrogen and oxygen atoms in total. The van der Waals surface area contributed by atoms with Crippen LogP contribution in [0.2, 0.25) is 0 Å². The van der Waals surface area contributed by atoms with Gasteiger partial charge in [-0.2, -0.15) is 0 Å². The van der Waals surface area contributed by atoms with Crippen LogP contribution in [0.15, 0.2) is 46.2 Å². The van der Waals surface area contributed by atoms with Crippen molar-refractivity contribution in [2.75, 3.05) is 11.9 Å². The molecule has 0 N–H and O–H groups in total. The number of hydrogen-bond acceptors (Lipinski definition) is 2. The Morgan fingerprint density at radius 2 is 1.19 bits per heavy atom. The van der Waals surface area contributed by atoms with Gasteiger partial charge in [0.15, 0.2) is 0 Å². The van der Waals surface area contributed by atoms with E-state index >= 15 is 0 Å². The standard InChI is InChI=1S/C19H23NS/c1-12(2)14-6-8-16-18(10-14)21-19-11-15(13(3)4)7-9-17(19)20(16)5/h6-13H,1-5H3. The minimum absolute atomic E-state index is 0.574. The average molecular weight is 297 g/mol. The summed E-state index contributed by atoms with van der Waals surface area (Å²) in [6, 6.07) is 13.7. The zero-order chi connectivity index (χ0) is 15.1. The summed E-state index contributed by atoms with van der Waals surface area (Å²) in [4.78, 5) is 5.06. The Morgan fingerprint density at radius 3 is 1.57 bits per heavy atom. The van der Waals surface area contributed by atoms with Gasteiger partial charge in [-0.15, -0.1) is 0 Å². The number of benzene rings is 2. The predicted molar refractivity (Wildman–Crippen MR) is 93.2 cm³/mol. The van der Waals surface area contributed by atoms with E-state index in [9.17, 15) is 0 Å². The van der Waals surface area contributed by atoms with Crippen molar-refractivity contribution in [1.29, 1.82) is 0 Å². The van der Waals surface area contributed by atoms with Crippen LogP contribution in [0.5, 0.6) is 0 Å². The van der Waals surface area contributed by atoms with Crippen LogP contribution in [-0.2, 0) is 0 Å². The van der Waals surface area contributed by atoms with Crippen LogP contribution in [0.25, 0.3) is 0 Å². The minimum Gasteiger partial charge on any atom is -0.343 e. The van der Waals surface area contributed by atoms with E-state index in [1.807, 2.05) is 11.8 Å².